The summed E-state index contributed by atoms with van der Waals surface area (Å²) in [7, 11) is -1.64. The van der Waals surface area contributed by atoms with E-state index < -0.39 is 39.2 Å². The van der Waals surface area contributed by atoms with Gasteiger partial charge in [-0.05, 0) is 18.2 Å². The van der Waals surface area contributed by atoms with E-state index in [1.165, 1.54) is 14.1 Å². The Morgan fingerprint density at radius 3 is 2.25 bits per heavy atom. The highest BCUT2D eigenvalue weighted by atomic mass is 32.2. The average Bonchev–Trinajstić information content (AvgIpc) is 2.26. The molecule has 0 aliphatic carbocycles. The third-order valence-corrected chi connectivity index (χ3v) is 3.74. The predicted octanol–water partition coefficient (Wildman–Crippen LogP) is 1.62. The number of nitrogens with one attached hydrogen (secondary N) is 1. The summed E-state index contributed by atoms with van der Waals surface area (Å²) >= 11 is 0. The molecule has 1 aromatic rings. The van der Waals surface area contributed by atoms with Gasteiger partial charge >= 0.3 is 22.4 Å². The van der Waals surface area contributed by atoms with Crippen LogP contribution in [0, 0.1) is 0 Å². The number of halogens is 3. The average molecular weight is 312 g/mol. The third kappa shape index (κ3) is 3.61. The number of carbonyl (C=O) groups is 1. The van der Waals surface area contributed by atoms with E-state index in [0.717, 1.165) is 10.4 Å². The molecule has 0 saturated heterocycles. The summed E-state index contributed by atoms with van der Waals surface area (Å²) in [4.78, 5) is 10.9. The first-order valence-electron chi connectivity index (χ1n) is 5.10. The summed E-state index contributed by atoms with van der Waals surface area (Å²) in [5.41, 5.74) is -2.41. The van der Waals surface area contributed by atoms with Gasteiger partial charge < -0.3 is 5.11 Å². The van der Waals surface area contributed by atoms with Crippen molar-refractivity contribution in [2.75, 3.05) is 18.8 Å². The smallest absolute Gasteiger partial charge is 0.416 e. The Balaban J connectivity index is 3.32. The molecular formula is C10H11F3N2O4S. The van der Waals surface area contributed by atoms with E-state index in [-0.39, 0.29) is 0 Å². The minimum atomic E-state index is -4.72. The third-order valence-electron chi connectivity index (χ3n) is 2.30. The minimum absolute atomic E-state index is 0.371. The molecule has 2 N–H and O–H groups in total. The van der Waals surface area contributed by atoms with E-state index >= 15 is 0 Å². The minimum Gasteiger partial charge on any atom is -0.478 e. The summed E-state index contributed by atoms with van der Waals surface area (Å²) in [5, 5.41) is 8.88. The summed E-state index contributed by atoms with van der Waals surface area (Å²) in [6.45, 7) is 0. The molecule has 1 rings (SSSR count). The molecule has 112 valence electrons. The predicted molar refractivity (Wildman–Crippen MR) is 64.6 cm³/mol. The number of aromatic carboxylic acids is 1. The van der Waals surface area contributed by atoms with Crippen LogP contribution in [0.2, 0.25) is 0 Å². The maximum absolute atomic E-state index is 12.5. The first-order chi connectivity index (χ1) is 8.95. The highest BCUT2D eigenvalue weighted by Gasteiger charge is 2.32. The number of hydrogen-bond acceptors (Lipinski definition) is 3. The van der Waals surface area contributed by atoms with E-state index in [4.69, 9.17) is 5.11 Å². The lowest BCUT2D eigenvalue weighted by Gasteiger charge is -2.16. The number of rotatable bonds is 4. The van der Waals surface area contributed by atoms with Gasteiger partial charge in [-0.15, -0.1) is 0 Å². The summed E-state index contributed by atoms with van der Waals surface area (Å²) < 4.78 is 63.2. The van der Waals surface area contributed by atoms with Gasteiger partial charge in [0.25, 0.3) is 0 Å². The molecule has 0 spiro atoms. The first kappa shape index (κ1) is 16.2. The Hall–Kier alpha value is -1.81. The maximum Gasteiger partial charge on any atom is 0.416 e. The molecule has 0 aliphatic rings. The molecule has 0 amide bonds. The Kier molecular flexibility index (Phi) is 4.30. The second-order valence-electron chi connectivity index (χ2n) is 3.95. The molecule has 0 atom stereocenters. The van der Waals surface area contributed by atoms with Crippen LogP contribution in [0.5, 0.6) is 0 Å². The van der Waals surface area contributed by atoms with Crippen molar-refractivity contribution in [2.45, 2.75) is 6.18 Å². The van der Waals surface area contributed by atoms with Crippen molar-refractivity contribution in [2.24, 2.45) is 0 Å². The zero-order valence-corrected chi connectivity index (χ0v) is 11.2. The molecular weight excluding hydrogens is 301 g/mol. The van der Waals surface area contributed by atoms with E-state index in [0.29, 0.717) is 12.1 Å². The number of anilines is 1. The van der Waals surface area contributed by atoms with Crippen LogP contribution in [0.4, 0.5) is 18.9 Å². The molecule has 6 nitrogen and oxygen atoms in total. The van der Waals surface area contributed by atoms with Crippen LogP contribution in [0.3, 0.4) is 0 Å². The normalized spacial score (nSPS) is 12.5. The lowest BCUT2D eigenvalue weighted by atomic mass is 10.1. The van der Waals surface area contributed by atoms with Crippen LogP contribution in [-0.2, 0) is 16.4 Å². The van der Waals surface area contributed by atoms with Gasteiger partial charge in [0, 0.05) is 14.1 Å². The van der Waals surface area contributed by atoms with E-state index in [1.54, 1.807) is 0 Å². The molecule has 0 fully saturated rings. The van der Waals surface area contributed by atoms with Gasteiger partial charge in [0.2, 0.25) is 0 Å². The van der Waals surface area contributed by atoms with Crippen molar-refractivity contribution < 1.29 is 31.5 Å². The van der Waals surface area contributed by atoms with Crippen LogP contribution in [-0.4, -0.2) is 37.9 Å². The summed E-state index contributed by atoms with van der Waals surface area (Å²) in [5.74, 6) is -1.67. The molecule has 0 heterocycles. The number of hydrogen-bond donors (Lipinski definition) is 2. The zero-order chi connectivity index (χ0) is 15.7. The van der Waals surface area contributed by atoms with Gasteiger partial charge in [-0.3, -0.25) is 4.72 Å². The van der Waals surface area contributed by atoms with Crippen molar-refractivity contribution in [3.05, 3.63) is 29.3 Å². The Bertz CT molecular complexity index is 626. The molecule has 10 heteroatoms. The van der Waals surface area contributed by atoms with Crippen LogP contribution in [0.25, 0.3) is 0 Å². The maximum atomic E-state index is 12.5. The molecule has 0 saturated carbocycles. The van der Waals surface area contributed by atoms with Crippen molar-refractivity contribution >= 4 is 21.9 Å². The van der Waals surface area contributed by atoms with Crippen molar-refractivity contribution in [1.82, 2.24) is 4.31 Å². The molecule has 0 bridgehead atoms. The number of carboxylic acids is 1. The SMILES string of the molecule is CN(C)S(=O)(=O)Nc1ccc(C(F)(F)F)cc1C(=O)O. The van der Waals surface area contributed by atoms with Gasteiger partial charge in [-0.2, -0.15) is 25.9 Å². The van der Waals surface area contributed by atoms with Crippen molar-refractivity contribution in [1.29, 1.82) is 0 Å². The topological polar surface area (TPSA) is 86.7 Å². The van der Waals surface area contributed by atoms with E-state index in [9.17, 15) is 26.4 Å². The highest BCUT2D eigenvalue weighted by molar-refractivity contribution is 7.90. The van der Waals surface area contributed by atoms with Crippen LogP contribution in [0.1, 0.15) is 15.9 Å². The molecule has 0 aliphatic heterocycles. The second-order valence-corrected chi connectivity index (χ2v) is 5.84. The van der Waals surface area contributed by atoms with Gasteiger partial charge in [0.1, 0.15) is 0 Å². The molecule has 1 aromatic carbocycles. The quantitative estimate of drug-likeness (QED) is 0.884. The number of alkyl halides is 3. The van der Waals surface area contributed by atoms with Crippen molar-refractivity contribution in [3.8, 4) is 0 Å². The monoisotopic (exact) mass is 312 g/mol. The Morgan fingerprint density at radius 2 is 1.85 bits per heavy atom. The van der Waals surface area contributed by atoms with Gasteiger partial charge in [-0.1, -0.05) is 0 Å². The van der Waals surface area contributed by atoms with Crippen LogP contribution < -0.4 is 4.72 Å². The number of benzene rings is 1. The molecule has 0 unspecified atom stereocenters. The molecule has 20 heavy (non-hydrogen) atoms. The van der Waals surface area contributed by atoms with Crippen LogP contribution in [0.15, 0.2) is 18.2 Å². The largest absolute Gasteiger partial charge is 0.478 e. The van der Waals surface area contributed by atoms with Gasteiger partial charge in [0.05, 0.1) is 16.8 Å². The Labute approximate surface area is 113 Å². The van der Waals surface area contributed by atoms with E-state index in [1.807, 2.05) is 4.72 Å². The summed E-state index contributed by atoms with van der Waals surface area (Å²) in [6.07, 6.45) is -4.72. The van der Waals surface area contributed by atoms with Crippen molar-refractivity contribution in [3.63, 3.8) is 0 Å². The first-order valence-corrected chi connectivity index (χ1v) is 6.54. The highest BCUT2D eigenvalue weighted by Crippen LogP contribution is 2.32. The van der Waals surface area contributed by atoms with Gasteiger partial charge in [-0.25, -0.2) is 4.79 Å². The Morgan fingerprint density at radius 1 is 1.30 bits per heavy atom. The fraction of sp³-hybridized carbons (Fsp3) is 0.300. The second kappa shape index (κ2) is 5.29. The lowest BCUT2D eigenvalue weighted by Crippen LogP contribution is -2.29. The fourth-order valence-electron chi connectivity index (χ4n) is 1.22. The molecule has 0 radical (unpaired) electrons. The number of carboxylic acid groups (broad SMARTS) is 1. The standard InChI is InChI=1S/C10H11F3N2O4S/c1-15(2)20(18,19)14-8-4-3-6(10(11,12)13)5-7(8)9(16)17/h3-5,14H,1-2H3,(H,16,17). The zero-order valence-electron chi connectivity index (χ0n) is 10.4. The van der Waals surface area contributed by atoms with Gasteiger partial charge in [0.15, 0.2) is 0 Å². The number of nitrogens with zero attached hydrogens (tertiary/aromatic N) is 1. The van der Waals surface area contributed by atoms with E-state index in [2.05, 4.69) is 0 Å². The van der Waals surface area contributed by atoms with Crippen LogP contribution >= 0.6 is 0 Å². The fourth-order valence-corrected chi connectivity index (χ4v) is 1.86. The summed E-state index contributed by atoms with van der Waals surface area (Å²) in [6, 6.07) is 1.73. The lowest BCUT2D eigenvalue weighted by molar-refractivity contribution is -0.137. The molecule has 0 aromatic heterocycles.